The minimum atomic E-state index is -0.297. The average molecular weight is 409 g/mol. The molecule has 0 spiro atoms. The van der Waals surface area contributed by atoms with Crippen molar-refractivity contribution < 1.29 is 9.59 Å². The molecule has 1 aliphatic heterocycles. The van der Waals surface area contributed by atoms with Gasteiger partial charge in [0.25, 0.3) is 5.91 Å². The van der Waals surface area contributed by atoms with Gasteiger partial charge >= 0.3 is 0 Å². The van der Waals surface area contributed by atoms with Crippen molar-refractivity contribution in [3.8, 4) is 0 Å². The van der Waals surface area contributed by atoms with Crippen LogP contribution < -0.4 is 11.1 Å². The minimum Gasteiger partial charge on any atom is -0.368 e. The summed E-state index contributed by atoms with van der Waals surface area (Å²) in [7, 11) is 0. The molecule has 1 saturated heterocycles. The minimum absolute atomic E-state index is 0.206. The lowest BCUT2D eigenvalue weighted by atomic mass is 10.1. The Bertz CT molecular complexity index is 1090. The number of anilines is 1. The number of para-hydroxylation sites is 1. The number of rotatable bonds is 5. The molecular weight excluding hydrogens is 388 g/mol. The van der Waals surface area contributed by atoms with Crippen LogP contribution in [0.1, 0.15) is 28.8 Å². The molecule has 0 bridgehead atoms. The highest BCUT2D eigenvalue weighted by Gasteiger charge is 2.29. The van der Waals surface area contributed by atoms with E-state index in [-0.39, 0.29) is 17.9 Å². The molecule has 2 aromatic carbocycles. The lowest BCUT2D eigenvalue weighted by Crippen LogP contribution is -2.39. The third-order valence-electron chi connectivity index (χ3n) is 5.25. The van der Waals surface area contributed by atoms with Crippen molar-refractivity contribution >= 4 is 40.0 Å². The molecule has 29 heavy (non-hydrogen) atoms. The number of nitrogens with one attached hydrogen (secondary N) is 1. The largest absolute Gasteiger partial charge is 0.368 e. The number of likely N-dealkylation sites (tertiary alicyclic amines) is 1. The highest BCUT2D eigenvalue weighted by atomic mass is 35.5. The van der Waals surface area contributed by atoms with Crippen molar-refractivity contribution in [2.45, 2.75) is 25.4 Å². The molecule has 148 valence electrons. The number of fused-ring (bicyclic) bond motifs is 1. The van der Waals surface area contributed by atoms with Crippen LogP contribution in [0.2, 0.25) is 5.15 Å². The summed E-state index contributed by atoms with van der Waals surface area (Å²) in [5.74, 6) is -0.504. The first-order valence-corrected chi connectivity index (χ1v) is 9.88. The monoisotopic (exact) mass is 408 g/mol. The van der Waals surface area contributed by atoms with E-state index in [1.165, 1.54) is 0 Å². The third-order valence-corrected chi connectivity index (χ3v) is 5.46. The smallest absolute Gasteiger partial charge is 0.255 e. The van der Waals surface area contributed by atoms with Crippen molar-refractivity contribution in [2.24, 2.45) is 5.73 Å². The van der Waals surface area contributed by atoms with Gasteiger partial charge in [0.15, 0.2) is 0 Å². The van der Waals surface area contributed by atoms with Gasteiger partial charge in [0.2, 0.25) is 5.91 Å². The van der Waals surface area contributed by atoms with Crippen LogP contribution >= 0.6 is 11.6 Å². The molecule has 2 heterocycles. The van der Waals surface area contributed by atoms with Crippen LogP contribution in [0.15, 0.2) is 54.6 Å². The molecular formula is C22H21ClN4O2. The number of aromatic nitrogens is 1. The predicted octanol–water partition coefficient (Wildman–Crippen LogP) is 3.59. The Morgan fingerprint density at radius 3 is 2.83 bits per heavy atom. The molecule has 1 aliphatic rings. The van der Waals surface area contributed by atoms with Crippen molar-refractivity contribution in [2.75, 3.05) is 11.9 Å². The summed E-state index contributed by atoms with van der Waals surface area (Å²) in [6.45, 7) is 1.38. The molecule has 1 fully saturated rings. The first-order chi connectivity index (χ1) is 14.0. The molecule has 4 rings (SSSR count). The molecule has 3 aromatic rings. The van der Waals surface area contributed by atoms with Crippen molar-refractivity contribution in [3.05, 3.63) is 70.9 Å². The summed E-state index contributed by atoms with van der Waals surface area (Å²) in [5, 5.41) is 4.25. The van der Waals surface area contributed by atoms with Crippen molar-refractivity contribution in [3.63, 3.8) is 0 Å². The molecule has 1 unspecified atom stereocenters. The Morgan fingerprint density at radius 1 is 1.17 bits per heavy atom. The zero-order valence-corrected chi connectivity index (χ0v) is 16.5. The van der Waals surface area contributed by atoms with Gasteiger partial charge < -0.3 is 11.1 Å². The highest BCUT2D eigenvalue weighted by Crippen LogP contribution is 2.24. The van der Waals surface area contributed by atoms with E-state index in [1.807, 2.05) is 30.3 Å². The molecule has 6 nitrogen and oxygen atoms in total. The van der Waals surface area contributed by atoms with E-state index in [4.69, 9.17) is 17.3 Å². The number of pyridine rings is 1. The van der Waals surface area contributed by atoms with E-state index >= 15 is 0 Å². The van der Waals surface area contributed by atoms with Gasteiger partial charge in [-0.05, 0) is 61.3 Å². The van der Waals surface area contributed by atoms with Crippen LogP contribution in [-0.2, 0) is 11.3 Å². The summed E-state index contributed by atoms with van der Waals surface area (Å²) < 4.78 is 0. The van der Waals surface area contributed by atoms with Crippen molar-refractivity contribution in [1.82, 2.24) is 9.88 Å². The summed E-state index contributed by atoms with van der Waals surface area (Å²) in [6.07, 6.45) is 1.72. The van der Waals surface area contributed by atoms with E-state index in [9.17, 15) is 9.59 Å². The summed E-state index contributed by atoms with van der Waals surface area (Å²) in [4.78, 5) is 30.8. The van der Waals surface area contributed by atoms with E-state index in [2.05, 4.69) is 15.2 Å². The number of amides is 2. The summed E-state index contributed by atoms with van der Waals surface area (Å²) >= 11 is 5.92. The Morgan fingerprint density at radius 2 is 2.00 bits per heavy atom. The quantitative estimate of drug-likeness (QED) is 0.631. The Kier molecular flexibility index (Phi) is 5.47. The Balaban J connectivity index is 1.54. The van der Waals surface area contributed by atoms with Crippen molar-refractivity contribution in [1.29, 1.82) is 0 Å². The predicted molar refractivity (Wildman–Crippen MR) is 114 cm³/mol. The third kappa shape index (κ3) is 4.23. The Hall–Kier alpha value is -2.96. The summed E-state index contributed by atoms with van der Waals surface area (Å²) in [5.41, 5.74) is 8.47. The maximum atomic E-state index is 12.8. The van der Waals surface area contributed by atoms with Crippen LogP contribution in [0.25, 0.3) is 10.9 Å². The van der Waals surface area contributed by atoms with Gasteiger partial charge in [0.1, 0.15) is 5.15 Å². The van der Waals surface area contributed by atoms with Crippen LogP contribution in [0, 0.1) is 0 Å². The fraction of sp³-hybridized carbons (Fsp3) is 0.227. The van der Waals surface area contributed by atoms with Crippen LogP contribution in [-0.4, -0.2) is 34.3 Å². The van der Waals surface area contributed by atoms with Gasteiger partial charge in [0, 0.05) is 23.2 Å². The second-order valence-corrected chi connectivity index (χ2v) is 7.57. The molecule has 0 saturated carbocycles. The number of carbonyl (C=O) groups excluding carboxylic acids is 2. The van der Waals surface area contributed by atoms with E-state index in [0.29, 0.717) is 17.3 Å². The van der Waals surface area contributed by atoms with Gasteiger partial charge in [-0.3, -0.25) is 14.5 Å². The number of carbonyl (C=O) groups is 2. The molecule has 0 aliphatic carbocycles. The normalized spacial score (nSPS) is 16.8. The van der Waals surface area contributed by atoms with Crippen LogP contribution in [0.5, 0.6) is 0 Å². The molecule has 7 heteroatoms. The lowest BCUT2D eigenvalue weighted by Gasteiger charge is -2.23. The van der Waals surface area contributed by atoms with E-state index in [1.54, 1.807) is 24.3 Å². The van der Waals surface area contributed by atoms with Gasteiger partial charge in [-0.1, -0.05) is 29.8 Å². The first kappa shape index (κ1) is 19.4. The van der Waals surface area contributed by atoms with Gasteiger partial charge in [0.05, 0.1) is 11.6 Å². The van der Waals surface area contributed by atoms with E-state index in [0.717, 1.165) is 41.5 Å². The molecule has 2 amide bonds. The Labute approximate surface area is 173 Å². The lowest BCUT2D eigenvalue weighted by molar-refractivity contribution is -0.122. The van der Waals surface area contributed by atoms with Crippen LogP contribution in [0.3, 0.4) is 0 Å². The molecule has 0 radical (unpaired) electrons. The van der Waals surface area contributed by atoms with E-state index < -0.39 is 0 Å². The van der Waals surface area contributed by atoms with Gasteiger partial charge in [-0.2, -0.15) is 0 Å². The number of hydrogen-bond acceptors (Lipinski definition) is 4. The second kappa shape index (κ2) is 8.19. The fourth-order valence-electron chi connectivity index (χ4n) is 3.77. The van der Waals surface area contributed by atoms with Gasteiger partial charge in [-0.25, -0.2) is 4.98 Å². The molecule has 1 aromatic heterocycles. The first-order valence-electron chi connectivity index (χ1n) is 9.50. The SMILES string of the molecule is NC(=O)C1CCCN1Cc1ccccc1NC(=O)c1ccc2nc(Cl)ccc2c1. The summed E-state index contributed by atoms with van der Waals surface area (Å²) in [6, 6.07) is 16.2. The number of benzene rings is 2. The fourth-order valence-corrected chi connectivity index (χ4v) is 3.93. The number of hydrogen-bond donors (Lipinski definition) is 2. The maximum absolute atomic E-state index is 12.8. The number of halogens is 1. The maximum Gasteiger partial charge on any atom is 0.255 e. The van der Waals surface area contributed by atoms with Gasteiger partial charge in [-0.15, -0.1) is 0 Å². The second-order valence-electron chi connectivity index (χ2n) is 7.18. The number of nitrogens with zero attached hydrogens (tertiary/aromatic N) is 2. The average Bonchev–Trinajstić information content (AvgIpc) is 3.17. The topological polar surface area (TPSA) is 88.3 Å². The number of primary amides is 1. The zero-order valence-electron chi connectivity index (χ0n) is 15.8. The highest BCUT2D eigenvalue weighted by molar-refractivity contribution is 6.29. The standard InChI is InChI=1S/C22H21ClN4O2/c23-20-10-8-14-12-15(7-9-18(14)25-20)22(29)26-17-5-2-1-4-16(17)13-27-11-3-6-19(27)21(24)28/h1-2,4-5,7-10,12,19H,3,6,11,13H2,(H2,24,28)(H,26,29). The number of nitrogens with two attached hydrogens (primary N) is 1. The zero-order chi connectivity index (χ0) is 20.4. The van der Waals surface area contributed by atoms with Crippen LogP contribution in [0.4, 0.5) is 5.69 Å². The molecule has 1 atom stereocenters. The molecule has 3 N–H and O–H groups in total.